The van der Waals surface area contributed by atoms with Crippen molar-refractivity contribution in [2.24, 2.45) is 0 Å². The molecule has 0 amide bonds. The molecule has 0 radical (unpaired) electrons. The molecule has 0 aliphatic heterocycles. The minimum absolute atomic E-state index is 1.25. The van der Waals surface area contributed by atoms with Crippen LogP contribution in [-0.2, 0) is 0 Å². The topological polar surface area (TPSA) is 25.8 Å². The van der Waals surface area contributed by atoms with Crippen molar-refractivity contribution in [1.82, 2.24) is 9.97 Å². The Balaban J connectivity index is -0.000000124. The number of rotatable bonds is 0. The lowest BCUT2D eigenvalue weighted by atomic mass is 10.6. The number of aromatic nitrogens is 2. The van der Waals surface area contributed by atoms with E-state index >= 15 is 0 Å². The molecule has 0 saturated heterocycles. The standard InChI is InChI=1S/C4H4N2.C3H8.2C2H6/c1-2-5-4-6-3-1;1-3-2;2*1-2/h1-4H;3H2,1-2H3;2*1-2H3. The molecule has 1 aromatic rings. The Labute approximate surface area is 83.4 Å². The van der Waals surface area contributed by atoms with E-state index in [1.165, 1.54) is 12.7 Å². The van der Waals surface area contributed by atoms with Gasteiger partial charge in [-0.25, -0.2) is 9.97 Å². The molecule has 0 aliphatic rings. The highest BCUT2D eigenvalue weighted by atomic mass is 14.8. The quantitative estimate of drug-likeness (QED) is 0.610. The average Bonchev–Trinajstić information content (AvgIpc) is 2.27. The summed E-state index contributed by atoms with van der Waals surface area (Å²) in [5.74, 6) is 0. The highest BCUT2D eigenvalue weighted by Gasteiger charge is 1.59. The van der Waals surface area contributed by atoms with Gasteiger partial charge in [0.15, 0.2) is 0 Å². The van der Waals surface area contributed by atoms with E-state index in [4.69, 9.17) is 0 Å². The van der Waals surface area contributed by atoms with Crippen molar-refractivity contribution in [3.05, 3.63) is 24.8 Å². The van der Waals surface area contributed by atoms with E-state index in [2.05, 4.69) is 23.8 Å². The van der Waals surface area contributed by atoms with Gasteiger partial charge in [-0.15, -0.1) is 0 Å². The first kappa shape index (κ1) is 18.0. The third-order valence-electron chi connectivity index (χ3n) is 0.478. The smallest absolute Gasteiger partial charge is 0.115 e. The van der Waals surface area contributed by atoms with E-state index in [1.54, 1.807) is 18.5 Å². The van der Waals surface area contributed by atoms with Gasteiger partial charge in [0, 0.05) is 12.4 Å². The number of hydrogen-bond donors (Lipinski definition) is 0. The fourth-order valence-corrected chi connectivity index (χ4v) is 0.253. The summed E-state index contributed by atoms with van der Waals surface area (Å²) in [6.07, 6.45) is 6.12. The van der Waals surface area contributed by atoms with Gasteiger partial charge in [0.2, 0.25) is 0 Å². The second kappa shape index (κ2) is 30.5. The summed E-state index contributed by atoms with van der Waals surface area (Å²) in [5.41, 5.74) is 0. The summed E-state index contributed by atoms with van der Waals surface area (Å²) < 4.78 is 0. The Hall–Kier alpha value is -0.920. The van der Waals surface area contributed by atoms with Crippen LogP contribution in [0.1, 0.15) is 48.0 Å². The van der Waals surface area contributed by atoms with Gasteiger partial charge >= 0.3 is 0 Å². The largest absolute Gasteiger partial charge is 0.245 e. The summed E-state index contributed by atoms with van der Waals surface area (Å²) in [5, 5.41) is 0. The fraction of sp³-hybridized carbons (Fsp3) is 0.636. The normalized spacial score (nSPS) is 6.00. The first-order valence-corrected chi connectivity index (χ1v) is 5.11. The average molecular weight is 184 g/mol. The second-order valence-electron chi connectivity index (χ2n) is 1.61. The zero-order valence-electron chi connectivity index (χ0n) is 9.91. The molecule has 0 spiro atoms. The van der Waals surface area contributed by atoms with Crippen LogP contribution >= 0.6 is 0 Å². The molecule has 1 rings (SSSR count). The fourth-order valence-electron chi connectivity index (χ4n) is 0.253. The van der Waals surface area contributed by atoms with E-state index in [0.717, 1.165) is 0 Å². The summed E-state index contributed by atoms with van der Waals surface area (Å²) in [6.45, 7) is 12.2. The van der Waals surface area contributed by atoms with Crippen molar-refractivity contribution < 1.29 is 0 Å². The van der Waals surface area contributed by atoms with Gasteiger partial charge in [0.25, 0.3) is 0 Å². The lowest BCUT2D eigenvalue weighted by Gasteiger charge is -1.70. The van der Waals surface area contributed by atoms with Crippen LogP contribution in [0.5, 0.6) is 0 Å². The van der Waals surface area contributed by atoms with Crippen molar-refractivity contribution in [3.8, 4) is 0 Å². The lowest BCUT2D eigenvalue weighted by molar-refractivity contribution is 1.09. The molecule has 0 bridgehead atoms. The Kier molecular flexibility index (Phi) is 42.1. The van der Waals surface area contributed by atoms with Crippen molar-refractivity contribution in [1.29, 1.82) is 0 Å². The molecule has 13 heavy (non-hydrogen) atoms. The van der Waals surface area contributed by atoms with E-state index in [1.807, 2.05) is 27.7 Å². The van der Waals surface area contributed by atoms with Crippen LogP contribution < -0.4 is 0 Å². The Bertz CT molecular complexity index is 90.9. The lowest BCUT2D eigenvalue weighted by Crippen LogP contribution is -1.66. The molecular weight excluding hydrogens is 160 g/mol. The van der Waals surface area contributed by atoms with Crippen LogP contribution in [0.2, 0.25) is 0 Å². The van der Waals surface area contributed by atoms with Crippen molar-refractivity contribution in [3.63, 3.8) is 0 Å². The van der Waals surface area contributed by atoms with Gasteiger partial charge in [0.1, 0.15) is 6.33 Å². The first-order chi connectivity index (χ1) is 6.41. The maximum atomic E-state index is 3.67. The van der Waals surface area contributed by atoms with E-state index in [0.29, 0.717) is 0 Å². The molecule has 2 nitrogen and oxygen atoms in total. The summed E-state index contributed by atoms with van der Waals surface area (Å²) in [4.78, 5) is 7.35. The highest BCUT2D eigenvalue weighted by molar-refractivity contribution is 4.74. The summed E-state index contributed by atoms with van der Waals surface area (Å²) in [7, 11) is 0. The molecule has 0 saturated carbocycles. The highest BCUT2D eigenvalue weighted by Crippen LogP contribution is 1.66. The van der Waals surface area contributed by atoms with Gasteiger partial charge < -0.3 is 0 Å². The molecule has 0 unspecified atom stereocenters. The molecule has 0 aliphatic carbocycles. The third kappa shape index (κ3) is 35.4. The zero-order chi connectivity index (χ0) is 10.9. The van der Waals surface area contributed by atoms with Crippen molar-refractivity contribution in [2.75, 3.05) is 0 Å². The molecule has 1 heterocycles. The van der Waals surface area contributed by atoms with E-state index in [-0.39, 0.29) is 0 Å². The predicted octanol–water partition coefficient (Wildman–Crippen LogP) is 3.95. The van der Waals surface area contributed by atoms with E-state index in [9.17, 15) is 0 Å². The first-order valence-electron chi connectivity index (χ1n) is 5.11. The Morgan fingerprint density at radius 1 is 0.846 bits per heavy atom. The molecule has 1 aromatic heterocycles. The van der Waals surface area contributed by atoms with Gasteiger partial charge in [-0.2, -0.15) is 0 Å². The summed E-state index contributed by atoms with van der Waals surface area (Å²) in [6, 6.07) is 1.78. The summed E-state index contributed by atoms with van der Waals surface area (Å²) >= 11 is 0. The van der Waals surface area contributed by atoms with Crippen molar-refractivity contribution >= 4 is 0 Å². The molecule has 78 valence electrons. The minimum atomic E-state index is 1.25. The van der Waals surface area contributed by atoms with Crippen molar-refractivity contribution in [2.45, 2.75) is 48.0 Å². The Morgan fingerprint density at radius 3 is 1.23 bits per heavy atom. The molecule has 0 aromatic carbocycles. The van der Waals surface area contributed by atoms with Crippen LogP contribution in [0.25, 0.3) is 0 Å². The van der Waals surface area contributed by atoms with Crippen LogP contribution in [0.4, 0.5) is 0 Å². The molecule has 2 heteroatoms. The Morgan fingerprint density at radius 2 is 1.15 bits per heavy atom. The molecular formula is C11H24N2. The zero-order valence-corrected chi connectivity index (χ0v) is 9.91. The van der Waals surface area contributed by atoms with Crippen LogP contribution in [0.3, 0.4) is 0 Å². The van der Waals surface area contributed by atoms with Gasteiger partial charge in [-0.1, -0.05) is 48.0 Å². The third-order valence-corrected chi connectivity index (χ3v) is 0.478. The van der Waals surface area contributed by atoms with E-state index < -0.39 is 0 Å². The monoisotopic (exact) mass is 184 g/mol. The predicted molar refractivity (Wildman–Crippen MR) is 60.7 cm³/mol. The van der Waals surface area contributed by atoms with Crippen LogP contribution in [-0.4, -0.2) is 9.97 Å². The molecule has 0 atom stereocenters. The minimum Gasteiger partial charge on any atom is -0.245 e. The number of nitrogens with zero attached hydrogens (tertiary/aromatic N) is 2. The molecule has 0 N–H and O–H groups in total. The SMILES string of the molecule is CC.CC.CCC.c1cncnc1. The maximum absolute atomic E-state index is 3.67. The van der Waals surface area contributed by atoms with Gasteiger partial charge in [0.05, 0.1) is 0 Å². The maximum Gasteiger partial charge on any atom is 0.115 e. The van der Waals surface area contributed by atoms with Crippen LogP contribution in [0, 0.1) is 0 Å². The van der Waals surface area contributed by atoms with Gasteiger partial charge in [-0.3, -0.25) is 0 Å². The van der Waals surface area contributed by atoms with Gasteiger partial charge in [-0.05, 0) is 6.07 Å². The molecule has 0 fully saturated rings. The number of hydrogen-bond acceptors (Lipinski definition) is 2. The van der Waals surface area contributed by atoms with Crippen LogP contribution in [0.15, 0.2) is 24.8 Å². The second-order valence-corrected chi connectivity index (χ2v) is 1.61.